The van der Waals surface area contributed by atoms with Crippen LogP contribution in [0.4, 0.5) is 0 Å². The molecule has 0 amide bonds. The van der Waals surface area contributed by atoms with Crippen LogP contribution in [0.3, 0.4) is 0 Å². The van der Waals surface area contributed by atoms with E-state index in [4.69, 9.17) is 4.74 Å². The number of nitrogens with zero attached hydrogens (tertiary/aromatic N) is 1. The topological polar surface area (TPSA) is 22.1 Å². The average Bonchev–Trinajstić information content (AvgIpc) is 2.17. The first kappa shape index (κ1) is 10.0. The highest BCUT2D eigenvalue weighted by Crippen LogP contribution is 2.16. The van der Waals surface area contributed by atoms with Crippen LogP contribution in [0.25, 0.3) is 0 Å². The van der Waals surface area contributed by atoms with Crippen LogP contribution in [0.1, 0.15) is 32.4 Å². The molecular formula is C11H17NO. The second-order valence-corrected chi connectivity index (χ2v) is 3.05. The number of pyridine rings is 1. The molecule has 0 radical (unpaired) electrons. The van der Waals surface area contributed by atoms with Crippen molar-refractivity contribution in [2.24, 2.45) is 0 Å². The first-order valence-electron chi connectivity index (χ1n) is 4.95. The Hall–Kier alpha value is -1.05. The van der Waals surface area contributed by atoms with Gasteiger partial charge in [-0.15, -0.1) is 0 Å². The molecule has 2 heteroatoms. The minimum absolute atomic E-state index is 0.780. The summed E-state index contributed by atoms with van der Waals surface area (Å²) in [6.07, 6.45) is 4.98. The lowest BCUT2D eigenvalue weighted by Gasteiger charge is -2.08. The maximum absolute atomic E-state index is 5.58. The molecule has 2 nitrogen and oxygen atoms in total. The summed E-state index contributed by atoms with van der Waals surface area (Å²) in [5.74, 6) is 0.950. The zero-order valence-corrected chi connectivity index (χ0v) is 8.42. The minimum atomic E-state index is 0.780. The summed E-state index contributed by atoms with van der Waals surface area (Å²) >= 11 is 0. The van der Waals surface area contributed by atoms with Crippen LogP contribution in [-0.4, -0.2) is 11.6 Å². The Morgan fingerprint density at radius 3 is 2.85 bits per heavy atom. The number of hydrogen-bond acceptors (Lipinski definition) is 2. The Labute approximate surface area is 80.0 Å². The fourth-order valence-corrected chi connectivity index (χ4v) is 1.19. The van der Waals surface area contributed by atoms with Gasteiger partial charge in [0.1, 0.15) is 5.75 Å². The van der Waals surface area contributed by atoms with E-state index in [9.17, 15) is 0 Å². The molecule has 0 bridgehead atoms. The molecule has 0 saturated heterocycles. The van der Waals surface area contributed by atoms with Gasteiger partial charge in [0.2, 0.25) is 0 Å². The Kier molecular flexibility index (Phi) is 4.30. The Balaban J connectivity index is 2.66. The quantitative estimate of drug-likeness (QED) is 0.693. The maximum Gasteiger partial charge on any atom is 0.140 e. The van der Waals surface area contributed by atoms with E-state index in [1.165, 1.54) is 0 Å². The standard InChI is InChI=1S/C11H17NO/c1-3-6-10-11(13-9-4-2)7-5-8-12-10/h5,7-8H,3-4,6,9H2,1-2H3. The lowest BCUT2D eigenvalue weighted by atomic mass is 10.2. The SMILES string of the molecule is CCCOc1cccnc1CCC. The van der Waals surface area contributed by atoms with Gasteiger partial charge in [0.25, 0.3) is 0 Å². The number of aromatic nitrogens is 1. The predicted octanol–water partition coefficient (Wildman–Crippen LogP) is 2.82. The van der Waals surface area contributed by atoms with Gasteiger partial charge in [-0.1, -0.05) is 20.3 Å². The van der Waals surface area contributed by atoms with Crippen LogP contribution in [-0.2, 0) is 6.42 Å². The largest absolute Gasteiger partial charge is 0.492 e. The predicted molar refractivity (Wildman–Crippen MR) is 54.0 cm³/mol. The Morgan fingerprint density at radius 1 is 1.31 bits per heavy atom. The fraction of sp³-hybridized carbons (Fsp3) is 0.545. The first-order valence-corrected chi connectivity index (χ1v) is 4.95. The summed E-state index contributed by atoms with van der Waals surface area (Å²) in [5.41, 5.74) is 1.08. The lowest BCUT2D eigenvalue weighted by Crippen LogP contribution is -2.00. The Bertz CT molecular complexity index is 248. The number of ether oxygens (including phenoxy) is 1. The third-order valence-electron chi connectivity index (χ3n) is 1.80. The van der Waals surface area contributed by atoms with Crippen molar-refractivity contribution in [3.05, 3.63) is 24.0 Å². The van der Waals surface area contributed by atoms with E-state index in [0.29, 0.717) is 0 Å². The van der Waals surface area contributed by atoms with Crippen LogP contribution in [0.15, 0.2) is 18.3 Å². The molecule has 13 heavy (non-hydrogen) atoms. The molecule has 0 aliphatic carbocycles. The molecule has 0 aliphatic rings. The van der Waals surface area contributed by atoms with Gasteiger partial charge in [-0.25, -0.2) is 0 Å². The van der Waals surface area contributed by atoms with Crippen molar-refractivity contribution < 1.29 is 4.74 Å². The van der Waals surface area contributed by atoms with E-state index in [-0.39, 0.29) is 0 Å². The molecule has 0 spiro atoms. The van der Waals surface area contributed by atoms with E-state index in [1.54, 1.807) is 0 Å². The molecular weight excluding hydrogens is 162 g/mol. The highest BCUT2D eigenvalue weighted by atomic mass is 16.5. The summed E-state index contributed by atoms with van der Waals surface area (Å²) in [6, 6.07) is 3.91. The second-order valence-electron chi connectivity index (χ2n) is 3.05. The second kappa shape index (κ2) is 5.57. The molecule has 0 N–H and O–H groups in total. The Morgan fingerprint density at radius 2 is 2.15 bits per heavy atom. The van der Waals surface area contributed by atoms with Gasteiger partial charge in [0.05, 0.1) is 12.3 Å². The van der Waals surface area contributed by atoms with Gasteiger partial charge in [-0.2, -0.15) is 0 Å². The number of aryl methyl sites for hydroxylation is 1. The van der Waals surface area contributed by atoms with Gasteiger partial charge >= 0.3 is 0 Å². The zero-order valence-electron chi connectivity index (χ0n) is 8.42. The van der Waals surface area contributed by atoms with E-state index >= 15 is 0 Å². The van der Waals surface area contributed by atoms with Gasteiger partial charge in [0, 0.05) is 6.20 Å². The van der Waals surface area contributed by atoms with Gasteiger partial charge in [-0.3, -0.25) is 4.98 Å². The number of rotatable bonds is 5. The summed E-state index contributed by atoms with van der Waals surface area (Å²) in [7, 11) is 0. The highest BCUT2D eigenvalue weighted by Gasteiger charge is 2.01. The normalized spacial score (nSPS) is 10.0. The van der Waals surface area contributed by atoms with E-state index in [1.807, 2.05) is 18.3 Å². The average molecular weight is 179 g/mol. The molecule has 0 fully saturated rings. The van der Waals surface area contributed by atoms with Gasteiger partial charge in [0.15, 0.2) is 0 Å². The monoisotopic (exact) mass is 179 g/mol. The first-order chi connectivity index (χ1) is 6.38. The van der Waals surface area contributed by atoms with Crippen LogP contribution < -0.4 is 4.74 Å². The van der Waals surface area contributed by atoms with Gasteiger partial charge < -0.3 is 4.74 Å². The number of hydrogen-bond donors (Lipinski definition) is 0. The van der Waals surface area contributed by atoms with Crippen LogP contribution in [0, 0.1) is 0 Å². The van der Waals surface area contributed by atoms with Crippen LogP contribution >= 0.6 is 0 Å². The van der Waals surface area contributed by atoms with Crippen molar-refractivity contribution in [1.82, 2.24) is 4.98 Å². The van der Waals surface area contributed by atoms with E-state index < -0.39 is 0 Å². The van der Waals surface area contributed by atoms with Crippen molar-refractivity contribution in [3.63, 3.8) is 0 Å². The molecule has 0 unspecified atom stereocenters. The van der Waals surface area contributed by atoms with E-state index in [2.05, 4.69) is 18.8 Å². The van der Waals surface area contributed by atoms with Crippen molar-refractivity contribution in [1.29, 1.82) is 0 Å². The fourth-order valence-electron chi connectivity index (χ4n) is 1.19. The van der Waals surface area contributed by atoms with Crippen LogP contribution in [0.2, 0.25) is 0 Å². The molecule has 0 saturated carbocycles. The summed E-state index contributed by atoms with van der Waals surface area (Å²) < 4.78 is 5.58. The molecule has 72 valence electrons. The van der Waals surface area contributed by atoms with Crippen LogP contribution in [0.5, 0.6) is 5.75 Å². The molecule has 0 aromatic carbocycles. The minimum Gasteiger partial charge on any atom is -0.492 e. The molecule has 1 aromatic rings. The lowest BCUT2D eigenvalue weighted by molar-refractivity contribution is 0.312. The van der Waals surface area contributed by atoms with Crippen molar-refractivity contribution in [2.45, 2.75) is 33.1 Å². The third-order valence-corrected chi connectivity index (χ3v) is 1.80. The molecule has 0 aliphatic heterocycles. The summed E-state index contributed by atoms with van der Waals surface area (Å²) in [4.78, 5) is 4.30. The summed E-state index contributed by atoms with van der Waals surface area (Å²) in [6.45, 7) is 5.04. The van der Waals surface area contributed by atoms with Gasteiger partial charge in [-0.05, 0) is 25.0 Å². The highest BCUT2D eigenvalue weighted by molar-refractivity contribution is 5.26. The molecule has 1 rings (SSSR count). The molecule has 0 atom stereocenters. The maximum atomic E-state index is 5.58. The molecule has 1 aromatic heterocycles. The van der Waals surface area contributed by atoms with E-state index in [0.717, 1.165) is 37.3 Å². The van der Waals surface area contributed by atoms with Crippen molar-refractivity contribution in [3.8, 4) is 5.75 Å². The summed E-state index contributed by atoms with van der Waals surface area (Å²) in [5, 5.41) is 0. The molecule has 1 heterocycles. The third kappa shape index (κ3) is 3.05. The van der Waals surface area contributed by atoms with Crippen molar-refractivity contribution in [2.75, 3.05) is 6.61 Å². The smallest absolute Gasteiger partial charge is 0.140 e. The zero-order chi connectivity index (χ0) is 9.52. The van der Waals surface area contributed by atoms with Crippen molar-refractivity contribution >= 4 is 0 Å².